The van der Waals surface area contributed by atoms with Gasteiger partial charge in [0.1, 0.15) is 0 Å². The van der Waals surface area contributed by atoms with E-state index in [1.165, 1.54) is 0 Å². The summed E-state index contributed by atoms with van der Waals surface area (Å²) in [6.45, 7) is 1.07. The van der Waals surface area contributed by atoms with Gasteiger partial charge in [0.25, 0.3) is 0 Å². The van der Waals surface area contributed by atoms with Gasteiger partial charge < -0.3 is 20.1 Å². The molecule has 1 heterocycles. The number of amides is 2. The molecule has 0 radical (unpaired) electrons. The van der Waals surface area contributed by atoms with Crippen LogP contribution in [0.25, 0.3) is 0 Å². The Bertz CT molecular complexity index is 696. The summed E-state index contributed by atoms with van der Waals surface area (Å²) in [4.78, 5) is 37.0. The highest BCUT2D eigenvalue weighted by Gasteiger charge is 2.29. The van der Waals surface area contributed by atoms with Crippen molar-refractivity contribution in [1.29, 1.82) is 0 Å². The fourth-order valence-corrected chi connectivity index (χ4v) is 3.40. The Morgan fingerprint density at radius 2 is 1.80 bits per heavy atom. The molecule has 6 nitrogen and oxygen atoms in total. The van der Waals surface area contributed by atoms with Gasteiger partial charge in [-0.3, -0.25) is 9.59 Å². The molecular weight excluding hydrogens is 320 g/mol. The maximum absolute atomic E-state index is 12.3. The molecule has 1 aliphatic heterocycles. The highest BCUT2D eigenvalue weighted by atomic mass is 16.4. The number of carbonyl (C=O) groups excluding carboxylic acids is 3. The predicted octanol–water partition coefficient (Wildman–Crippen LogP) is 0.762. The fourth-order valence-electron chi connectivity index (χ4n) is 3.40. The molecule has 6 heteroatoms. The number of carboxylic acid groups (broad SMARTS) is 1. The second kappa shape index (κ2) is 7.51. The van der Waals surface area contributed by atoms with Crippen molar-refractivity contribution < 1.29 is 19.5 Å². The summed E-state index contributed by atoms with van der Waals surface area (Å²) < 4.78 is 0. The first-order valence-electron chi connectivity index (χ1n) is 8.59. The molecule has 3 rings (SSSR count). The summed E-state index contributed by atoms with van der Waals surface area (Å²) >= 11 is 0. The van der Waals surface area contributed by atoms with E-state index in [1.54, 1.807) is 11.0 Å². The minimum atomic E-state index is -1.18. The Labute approximate surface area is 146 Å². The molecule has 0 unspecified atom stereocenters. The van der Waals surface area contributed by atoms with Crippen LogP contribution in [0.4, 0.5) is 5.69 Å². The number of anilines is 1. The fraction of sp³-hybridized carbons (Fsp3) is 0.421. The van der Waals surface area contributed by atoms with Gasteiger partial charge in [-0.15, -0.1) is 0 Å². The summed E-state index contributed by atoms with van der Waals surface area (Å²) in [6.07, 6.45) is 5.84. The minimum Gasteiger partial charge on any atom is -0.550 e. The van der Waals surface area contributed by atoms with Gasteiger partial charge in [0.15, 0.2) is 0 Å². The zero-order valence-electron chi connectivity index (χ0n) is 13.9. The van der Waals surface area contributed by atoms with Crippen molar-refractivity contribution in [2.24, 2.45) is 11.8 Å². The van der Waals surface area contributed by atoms with Gasteiger partial charge in [-0.05, 0) is 37.0 Å². The lowest BCUT2D eigenvalue weighted by atomic mass is 9.82. The van der Waals surface area contributed by atoms with Gasteiger partial charge in [-0.2, -0.15) is 0 Å². The molecule has 25 heavy (non-hydrogen) atoms. The third-order valence-corrected chi connectivity index (χ3v) is 4.86. The standard InChI is InChI=1S/C19H22N2O4/c22-17-6-3-11-21(17)14-9-7-13(8-10-14)12-20-18(23)15-4-1-2-5-16(15)19(24)25/h1-2,7-10,15-16H,3-6,11-12H2,(H,20,23)(H,24,25)/p-1/t15-,16-/m0/s1. The smallest absolute Gasteiger partial charge is 0.227 e. The lowest BCUT2D eigenvalue weighted by molar-refractivity contribution is -0.313. The third-order valence-electron chi connectivity index (χ3n) is 4.86. The summed E-state index contributed by atoms with van der Waals surface area (Å²) in [5.41, 5.74) is 1.77. The average Bonchev–Trinajstić information content (AvgIpc) is 3.06. The van der Waals surface area contributed by atoms with E-state index in [9.17, 15) is 19.5 Å². The van der Waals surface area contributed by atoms with Crippen LogP contribution >= 0.6 is 0 Å². The first-order chi connectivity index (χ1) is 12.1. The maximum atomic E-state index is 12.3. The number of aliphatic carboxylic acids is 1. The Morgan fingerprint density at radius 1 is 1.12 bits per heavy atom. The average molecular weight is 341 g/mol. The Balaban J connectivity index is 1.57. The molecule has 1 aliphatic carbocycles. The summed E-state index contributed by atoms with van der Waals surface area (Å²) in [5.74, 6) is -2.66. The molecule has 0 saturated carbocycles. The molecule has 1 fully saturated rings. The van der Waals surface area contributed by atoms with E-state index < -0.39 is 17.8 Å². The number of hydrogen-bond donors (Lipinski definition) is 1. The van der Waals surface area contributed by atoms with E-state index in [0.29, 0.717) is 25.8 Å². The molecule has 2 aliphatic rings. The van der Waals surface area contributed by atoms with Crippen LogP contribution in [0.5, 0.6) is 0 Å². The lowest BCUT2D eigenvalue weighted by Gasteiger charge is -2.28. The van der Waals surface area contributed by atoms with E-state index in [1.807, 2.05) is 30.3 Å². The van der Waals surface area contributed by atoms with Gasteiger partial charge >= 0.3 is 0 Å². The monoisotopic (exact) mass is 341 g/mol. The molecule has 0 spiro atoms. The van der Waals surface area contributed by atoms with Gasteiger partial charge in [0.05, 0.1) is 0 Å². The largest absolute Gasteiger partial charge is 0.550 e. The maximum Gasteiger partial charge on any atom is 0.227 e. The highest BCUT2D eigenvalue weighted by molar-refractivity contribution is 5.95. The molecule has 2 atom stereocenters. The van der Waals surface area contributed by atoms with Crippen LogP contribution in [0.2, 0.25) is 0 Å². The Hall–Kier alpha value is -2.63. The number of rotatable bonds is 5. The minimum absolute atomic E-state index is 0.139. The number of hydrogen-bond acceptors (Lipinski definition) is 4. The van der Waals surface area contributed by atoms with Crippen molar-refractivity contribution in [3.63, 3.8) is 0 Å². The highest BCUT2D eigenvalue weighted by Crippen LogP contribution is 2.26. The normalized spacial score (nSPS) is 22.9. The van der Waals surface area contributed by atoms with Gasteiger partial charge in [0.2, 0.25) is 11.8 Å². The van der Waals surface area contributed by atoms with Crippen molar-refractivity contribution in [3.8, 4) is 0 Å². The van der Waals surface area contributed by atoms with Crippen LogP contribution in [0.3, 0.4) is 0 Å². The van der Waals surface area contributed by atoms with Gasteiger partial charge in [0, 0.05) is 43.0 Å². The summed E-state index contributed by atoms with van der Waals surface area (Å²) in [5, 5.41) is 14.0. The van der Waals surface area contributed by atoms with Crippen LogP contribution in [0, 0.1) is 11.8 Å². The first kappa shape index (κ1) is 17.2. The van der Waals surface area contributed by atoms with E-state index in [2.05, 4.69) is 5.32 Å². The lowest BCUT2D eigenvalue weighted by Crippen LogP contribution is -2.43. The summed E-state index contributed by atoms with van der Waals surface area (Å²) in [7, 11) is 0. The Kier molecular flexibility index (Phi) is 5.16. The van der Waals surface area contributed by atoms with Gasteiger partial charge in [-0.25, -0.2) is 0 Å². The number of benzene rings is 1. The molecule has 1 N–H and O–H groups in total. The van der Waals surface area contributed by atoms with E-state index >= 15 is 0 Å². The third kappa shape index (κ3) is 3.90. The molecule has 0 aromatic heterocycles. The molecular formula is C19H21N2O4-. The molecule has 0 bridgehead atoms. The van der Waals surface area contributed by atoms with Crippen LogP contribution < -0.4 is 15.3 Å². The van der Waals surface area contributed by atoms with Crippen molar-refractivity contribution in [2.45, 2.75) is 32.2 Å². The topological polar surface area (TPSA) is 89.5 Å². The second-order valence-electron chi connectivity index (χ2n) is 6.51. The van der Waals surface area contributed by atoms with E-state index in [4.69, 9.17) is 0 Å². The van der Waals surface area contributed by atoms with E-state index in [-0.39, 0.29) is 11.8 Å². The number of nitrogens with one attached hydrogen (secondary N) is 1. The van der Waals surface area contributed by atoms with Gasteiger partial charge in [-0.1, -0.05) is 24.3 Å². The zero-order chi connectivity index (χ0) is 17.8. The Morgan fingerprint density at radius 3 is 2.40 bits per heavy atom. The van der Waals surface area contributed by atoms with Crippen molar-refractivity contribution in [1.82, 2.24) is 5.32 Å². The van der Waals surface area contributed by atoms with Crippen LogP contribution in [0.1, 0.15) is 31.2 Å². The van der Waals surface area contributed by atoms with Crippen LogP contribution in [-0.2, 0) is 20.9 Å². The van der Waals surface area contributed by atoms with Crippen LogP contribution in [0.15, 0.2) is 36.4 Å². The van der Waals surface area contributed by atoms with Crippen LogP contribution in [-0.4, -0.2) is 24.3 Å². The molecule has 2 amide bonds. The van der Waals surface area contributed by atoms with Crippen molar-refractivity contribution >= 4 is 23.5 Å². The van der Waals surface area contributed by atoms with E-state index in [0.717, 1.165) is 24.2 Å². The SMILES string of the molecule is O=C([O-])[C@H]1CC=CC[C@@H]1C(=O)NCc1ccc(N2CCCC2=O)cc1. The second-order valence-corrected chi connectivity index (χ2v) is 6.51. The molecule has 1 aromatic rings. The number of carbonyl (C=O) groups is 3. The number of carboxylic acids is 1. The molecule has 1 aromatic carbocycles. The quantitative estimate of drug-likeness (QED) is 0.801. The molecule has 132 valence electrons. The number of nitrogens with zero attached hydrogens (tertiary/aromatic N) is 1. The predicted molar refractivity (Wildman–Crippen MR) is 90.2 cm³/mol. The van der Waals surface area contributed by atoms with Crippen molar-refractivity contribution in [2.75, 3.05) is 11.4 Å². The summed E-state index contributed by atoms with van der Waals surface area (Å²) in [6, 6.07) is 7.49. The van der Waals surface area contributed by atoms with Crippen molar-refractivity contribution in [3.05, 3.63) is 42.0 Å². The zero-order valence-corrected chi connectivity index (χ0v) is 13.9. The first-order valence-corrected chi connectivity index (χ1v) is 8.59. The molecule has 1 saturated heterocycles. The number of allylic oxidation sites excluding steroid dienone is 2.